The molecule has 1 aliphatic heterocycles. The lowest BCUT2D eigenvalue weighted by Crippen LogP contribution is -2.55. The maximum Gasteiger partial charge on any atom is 0.255 e. The summed E-state index contributed by atoms with van der Waals surface area (Å²) >= 11 is 1.75. The second kappa shape index (κ2) is 6.97. The average molecular weight is 377 g/mol. The van der Waals surface area contributed by atoms with Gasteiger partial charge in [-0.15, -0.1) is 11.3 Å². The quantitative estimate of drug-likeness (QED) is 0.882. The number of likely N-dealkylation sites (tertiary alicyclic amines) is 1. The van der Waals surface area contributed by atoms with E-state index in [1.54, 1.807) is 25.4 Å². The first-order chi connectivity index (χ1) is 12.5. The minimum Gasteiger partial charge on any atom is -0.376 e. The van der Waals surface area contributed by atoms with E-state index in [9.17, 15) is 9.59 Å². The van der Waals surface area contributed by atoms with Gasteiger partial charge in [-0.05, 0) is 56.9 Å². The number of aryl methyl sites for hydroxylation is 1. The molecule has 1 saturated carbocycles. The van der Waals surface area contributed by atoms with Gasteiger partial charge in [-0.2, -0.15) is 0 Å². The number of thiophene rings is 1. The summed E-state index contributed by atoms with van der Waals surface area (Å²) in [4.78, 5) is 28.3. The van der Waals surface area contributed by atoms with E-state index in [2.05, 4.69) is 10.7 Å². The van der Waals surface area contributed by atoms with E-state index in [1.165, 1.54) is 23.3 Å². The lowest BCUT2D eigenvalue weighted by Gasteiger charge is -2.43. The molecule has 1 aromatic rings. The van der Waals surface area contributed by atoms with E-state index in [0.717, 1.165) is 50.6 Å². The minimum atomic E-state index is -0.249. The van der Waals surface area contributed by atoms with Gasteiger partial charge in [0, 0.05) is 36.9 Å². The molecule has 0 aromatic carbocycles. The van der Waals surface area contributed by atoms with Gasteiger partial charge in [0.2, 0.25) is 5.91 Å². The highest BCUT2D eigenvalue weighted by Crippen LogP contribution is 2.43. The number of nitrogens with one attached hydrogen (secondary N) is 1. The van der Waals surface area contributed by atoms with Gasteiger partial charge in [0.25, 0.3) is 5.91 Å². The van der Waals surface area contributed by atoms with Crippen LogP contribution in [0.3, 0.4) is 0 Å². The molecule has 2 amide bonds. The van der Waals surface area contributed by atoms with Crippen molar-refractivity contribution in [2.45, 2.75) is 76.0 Å². The van der Waals surface area contributed by atoms with Crippen LogP contribution in [0.15, 0.2) is 5.38 Å². The second-order valence-electron chi connectivity index (χ2n) is 7.96. The lowest BCUT2D eigenvalue weighted by molar-refractivity contribution is -0.121. The smallest absolute Gasteiger partial charge is 0.255 e. The number of hydrogen-bond donors (Lipinski definition) is 1. The van der Waals surface area contributed by atoms with Gasteiger partial charge in [0.1, 0.15) is 0 Å². The Labute approximate surface area is 159 Å². The van der Waals surface area contributed by atoms with Crippen LogP contribution in [0.25, 0.3) is 0 Å². The largest absolute Gasteiger partial charge is 0.376 e. The molecule has 0 unspecified atom stereocenters. The first kappa shape index (κ1) is 18.0. The van der Waals surface area contributed by atoms with Crippen molar-refractivity contribution in [3.63, 3.8) is 0 Å². The predicted molar refractivity (Wildman–Crippen MR) is 102 cm³/mol. The summed E-state index contributed by atoms with van der Waals surface area (Å²) in [5.74, 6) is 0.166. The van der Waals surface area contributed by atoms with Crippen molar-refractivity contribution in [1.29, 1.82) is 0 Å². The van der Waals surface area contributed by atoms with E-state index >= 15 is 0 Å². The third-order valence-electron chi connectivity index (χ3n) is 6.55. The minimum absolute atomic E-state index is 0.00249. The van der Waals surface area contributed by atoms with Crippen molar-refractivity contribution in [2.75, 3.05) is 13.7 Å². The Bertz CT molecular complexity index is 716. The fourth-order valence-electron chi connectivity index (χ4n) is 5.19. The normalized spacial score (nSPS) is 30.6. The fourth-order valence-corrected chi connectivity index (χ4v) is 6.31. The zero-order valence-corrected chi connectivity index (χ0v) is 16.5. The molecule has 1 aromatic heterocycles. The molecule has 0 spiro atoms. The van der Waals surface area contributed by atoms with Crippen LogP contribution >= 0.6 is 11.3 Å². The molecule has 0 radical (unpaired) electrons. The average Bonchev–Trinajstić information content (AvgIpc) is 3.22. The number of carbonyl (C=O) groups excluding carboxylic acids is 2. The zero-order valence-electron chi connectivity index (χ0n) is 15.7. The number of fused-ring (bicyclic) bond motifs is 2. The topological polar surface area (TPSA) is 58.6 Å². The Balaban J connectivity index is 1.58. The Morgan fingerprint density at radius 3 is 2.88 bits per heavy atom. The van der Waals surface area contributed by atoms with E-state index < -0.39 is 0 Å². The fraction of sp³-hybridized carbons (Fsp3) is 0.700. The molecule has 1 saturated heterocycles. The second-order valence-corrected chi connectivity index (χ2v) is 8.93. The molecule has 1 N–H and O–H groups in total. The maximum atomic E-state index is 13.4. The molecule has 6 heteroatoms. The summed E-state index contributed by atoms with van der Waals surface area (Å²) in [6.45, 7) is 2.31. The summed E-state index contributed by atoms with van der Waals surface area (Å²) in [6.07, 6.45) is 8.04. The number of rotatable bonds is 3. The molecule has 3 aliphatic rings. The van der Waals surface area contributed by atoms with Gasteiger partial charge < -0.3 is 15.0 Å². The molecule has 3 atom stereocenters. The highest BCUT2D eigenvalue weighted by Gasteiger charge is 2.52. The van der Waals surface area contributed by atoms with E-state index in [4.69, 9.17) is 4.74 Å². The predicted octanol–water partition coefficient (Wildman–Crippen LogP) is 2.92. The standard InChI is InChI=1S/C20H28N2O3S/c1-13(23)21-14-7-8-20(25-2)9-10-22(18(20)11-14)19(24)16-12-26-17-6-4-3-5-15(16)17/h12,14,18H,3-11H2,1-2H3,(H,21,23)/t14-,18+,20-/m1/s1. The number of amides is 2. The molecular formula is C20H28N2O3S. The van der Waals surface area contributed by atoms with Crippen LogP contribution in [0.2, 0.25) is 0 Å². The molecule has 142 valence electrons. The highest BCUT2D eigenvalue weighted by molar-refractivity contribution is 7.10. The van der Waals surface area contributed by atoms with E-state index in [0.29, 0.717) is 0 Å². The van der Waals surface area contributed by atoms with Crippen LogP contribution in [0.1, 0.15) is 66.2 Å². The highest BCUT2D eigenvalue weighted by atomic mass is 32.1. The van der Waals surface area contributed by atoms with Crippen molar-refractivity contribution >= 4 is 23.2 Å². The van der Waals surface area contributed by atoms with Crippen LogP contribution in [-0.2, 0) is 22.4 Å². The summed E-state index contributed by atoms with van der Waals surface area (Å²) in [7, 11) is 1.77. The Kier molecular flexibility index (Phi) is 4.82. The molecule has 2 heterocycles. The summed E-state index contributed by atoms with van der Waals surface area (Å²) in [6, 6.07) is 0.176. The van der Waals surface area contributed by atoms with Crippen LogP contribution in [0.5, 0.6) is 0 Å². The first-order valence-electron chi connectivity index (χ1n) is 9.76. The SMILES string of the molecule is CO[C@@]12CC[C@@H](NC(C)=O)C[C@@H]1N(C(=O)c1csc3c1CCCC3)CC2. The number of methoxy groups -OCH3 is 1. The monoisotopic (exact) mass is 376 g/mol. The first-order valence-corrected chi connectivity index (χ1v) is 10.6. The number of ether oxygens (including phenoxy) is 1. The van der Waals surface area contributed by atoms with Crippen molar-refractivity contribution in [3.05, 3.63) is 21.4 Å². The van der Waals surface area contributed by atoms with Crippen LogP contribution in [0, 0.1) is 0 Å². The van der Waals surface area contributed by atoms with Gasteiger partial charge in [-0.25, -0.2) is 0 Å². The summed E-state index contributed by atoms with van der Waals surface area (Å²) in [5.41, 5.74) is 1.95. The summed E-state index contributed by atoms with van der Waals surface area (Å²) < 4.78 is 5.96. The van der Waals surface area contributed by atoms with Crippen molar-refractivity contribution in [3.8, 4) is 0 Å². The molecule has 26 heavy (non-hydrogen) atoms. The third-order valence-corrected chi connectivity index (χ3v) is 7.64. The third kappa shape index (κ3) is 2.97. The Morgan fingerprint density at radius 2 is 2.12 bits per heavy atom. The van der Waals surface area contributed by atoms with Gasteiger partial charge in [0.15, 0.2) is 0 Å². The van der Waals surface area contributed by atoms with Gasteiger partial charge in [-0.3, -0.25) is 9.59 Å². The lowest BCUT2D eigenvalue weighted by atomic mass is 9.78. The van der Waals surface area contributed by atoms with Crippen molar-refractivity contribution in [2.24, 2.45) is 0 Å². The number of nitrogens with zero attached hydrogens (tertiary/aromatic N) is 1. The van der Waals surface area contributed by atoms with Gasteiger partial charge in [-0.1, -0.05) is 0 Å². The Hall–Kier alpha value is -1.40. The van der Waals surface area contributed by atoms with Crippen molar-refractivity contribution < 1.29 is 14.3 Å². The van der Waals surface area contributed by atoms with E-state index in [-0.39, 0.29) is 29.5 Å². The molecule has 5 nitrogen and oxygen atoms in total. The molecular weight excluding hydrogens is 348 g/mol. The molecule has 2 aliphatic carbocycles. The van der Waals surface area contributed by atoms with Crippen molar-refractivity contribution in [1.82, 2.24) is 10.2 Å². The van der Waals surface area contributed by atoms with Crippen LogP contribution in [0.4, 0.5) is 0 Å². The van der Waals surface area contributed by atoms with Gasteiger partial charge in [0.05, 0.1) is 17.2 Å². The summed E-state index contributed by atoms with van der Waals surface area (Å²) in [5, 5.41) is 5.12. The van der Waals surface area contributed by atoms with Crippen LogP contribution < -0.4 is 5.32 Å². The molecule has 4 rings (SSSR count). The number of hydrogen-bond acceptors (Lipinski definition) is 4. The molecule has 0 bridgehead atoms. The maximum absolute atomic E-state index is 13.4. The number of carbonyl (C=O) groups is 2. The zero-order chi connectivity index (χ0) is 18.3. The Morgan fingerprint density at radius 1 is 1.31 bits per heavy atom. The van der Waals surface area contributed by atoms with Gasteiger partial charge >= 0.3 is 0 Å². The molecule has 2 fully saturated rings. The van der Waals surface area contributed by atoms with E-state index in [1.807, 2.05) is 4.90 Å². The van der Waals surface area contributed by atoms with Crippen LogP contribution in [-0.4, -0.2) is 48.1 Å².